The molecule has 0 amide bonds. The second kappa shape index (κ2) is 14.4. The first-order chi connectivity index (χ1) is 10.5. The molecule has 0 saturated carbocycles. The predicted molar refractivity (Wildman–Crippen MR) is 89.2 cm³/mol. The first-order valence-corrected chi connectivity index (χ1v) is 9.66. The van der Waals surface area contributed by atoms with Crippen molar-refractivity contribution in [3.05, 3.63) is 0 Å². The van der Waals surface area contributed by atoms with Crippen LogP contribution in [0.4, 0.5) is 13.2 Å². The fraction of sp³-hybridized carbons (Fsp3) is 0.941. The van der Waals surface area contributed by atoms with Gasteiger partial charge in [-0.15, -0.1) is 0 Å². The van der Waals surface area contributed by atoms with E-state index in [1.165, 1.54) is 57.8 Å². The Morgan fingerprint density at radius 1 is 0.773 bits per heavy atom. The molecule has 0 fully saturated rings. The Morgan fingerprint density at radius 2 is 1.18 bits per heavy atom. The highest BCUT2D eigenvalue weighted by molar-refractivity contribution is 8.00. The van der Waals surface area contributed by atoms with Gasteiger partial charge in [0.05, 0.1) is 5.75 Å². The minimum absolute atomic E-state index is 0.224. The van der Waals surface area contributed by atoms with Gasteiger partial charge in [-0.2, -0.15) is 13.2 Å². The summed E-state index contributed by atoms with van der Waals surface area (Å²) in [6.45, 7) is 2.22. The van der Waals surface area contributed by atoms with Crippen LogP contribution in [0.25, 0.3) is 0 Å². The molecule has 0 atom stereocenters. The fourth-order valence-electron chi connectivity index (χ4n) is 2.40. The number of unbranched alkanes of at least 4 members (excludes halogenated alkanes) is 11. The number of carbonyl (C=O) groups is 1. The average Bonchev–Trinajstić information content (AvgIpc) is 2.45. The van der Waals surface area contributed by atoms with Gasteiger partial charge in [0.25, 0.3) is 0 Å². The van der Waals surface area contributed by atoms with Crippen LogP contribution < -0.4 is 0 Å². The fourth-order valence-corrected chi connectivity index (χ4v) is 2.87. The van der Waals surface area contributed by atoms with Crippen molar-refractivity contribution in [2.24, 2.45) is 0 Å². The lowest BCUT2D eigenvalue weighted by molar-refractivity contribution is -0.117. The molecule has 0 N–H and O–H groups in total. The van der Waals surface area contributed by atoms with Crippen molar-refractivity contribution < 1.29 is 18.0 Å². The molecule has 0 spiro atoms. The number of rotatable bonds is 15. The van der Waals surface area contributed by atoms with E-state index in [0.717, 1.165) is 19.3 Å². The van der Waals surface area contributed by atoms with Gasteiger partial charge in [0.2, 0.25) is 0 Å². The number of hydrogen-bond donors (Lipinski definition) is 0. The van der Waals surface area contributed by atoms with Crippen molar-refractivity contribution in [3.63, 3.8) is 0 Å². The van der Waals surface area contributed by atoms with Gasteiger partial charge >= 0.3 is 5.51 Å². The predicted octanol–water partition coefficient (Wildman–Crippen LogP) is 6.90. The zero-order chi connectivity index (χ0) is 16.7. The molecule has 1 nitrogen and oxygen atoms in total. The third kappa shape index (κ3) is 17.9. The second-order valence-corrected chi connectivity index (χ2v) is 6.95. The van der Waals surface area contributed by atoms with Crippen molar-refractivity contribution >= 4 is 17.5 Å². The lowest BCUT2D eigenvalue weighted by atomic mass is 10.0. The number of thioether (sulfide) groups is 1. The van der Waals surface area contributed by atoms with Gasteiger partial charge < -0.3 is 0 Å². The Bertz CT molecular complexity index is 267. The van der Waals surface area contributed by atoms with Crippen LogP contribution in [0.3, 0.4) is 0 Å². The topological polar surface area (TPSA) is 17.1 Å². The highest BCUT2D eigenvalue weighted by Gasteiger charge is 2.28. The lowest BCUT2D eigenvalue weighted by Gasteiger charge is -2.05. The first-order valence-electron chi connectivity index (χ1n) is 8.68. The maximum atomic E-state index is 11.9. The number of alkyl halides is 3. The Hall–Kier alpha value is -0.190. The Balaban J connectivity index is 3.18. The van der Waals surface area contributed by atoms with E-state index >= 15 is 0 Å². The van der Waals surface area contributed by atoms with Crippen LogP contribution in [0.1, 0.15) is 90.4 Å². The molecule has 0 aliphatic heterocycles. The maximum absolute atomic E-state index is 11.9. The number of carbonyl (C=O) groups excluding carboxylic acids is 1. The molecule has 0 bridgehead atoms. The van der Waals surface area contributed by atoms with Gasteiger partial charge in [-0.1, -0.05) is 77.6 Å². The smallest absolute Gasteiger partial charge is 0.299 e. The standard InChI is InChI=1S/C17H31F3OS/c1-2-3-4-5-6-7-8-9-10-11-12-13-14-16(21)15-22-17(18,19)20/h2-15H2,1H3. The zero-order valence-electron chi connectivity index (χ0n) is 13.8. The third-order valence-electron chi connectivity index (χ3n) is 3.71. The van der Waals surface area contributed by atoms with Crippen molar-refractivity contribution in [1.29, 1.82) is 0 Å². The quantitative estimate of drug-likeness (QED) is 0.302. The minimum atomic E-state index is -4.29. The Morgan fingerprint density at radius 3 is 1.59 bits per heavy atom. The van der Waals surface area contributed by atoms with Crippen LogP contribution in [0.2, 0.25) is 0 Å². The highest BCUT2D eigenvalue weighted by atomic mass is 32.2. The number of halogens is 3. The van der Waals surface area contributed by atoms with Crippen LogP contribution in [-0.4, -0.2) is 17.0 Å². The van der Waals surface area contributed by atoms with Crippen LogP contribution in [0.5, 0.6) is 0 Å². The van der Waals surface area contributed by atoms with Gasteiger partial charge in [-0.25, -0.2) is 0 Å². The average molecular weight is 340 g/mol. The Kier molecular flexibility index (Phi) is 14.3. The van der Waals surface area contributed by atoms with Crippen LogP contribution in [0.15, 0.2) is 0 Å². The van der Waals surface area contributed by atoms with Gasteiger partial charge in [0, 0.05) is 6.42 Å². The molecule has 0 rings (SSSR count). The highest BCUT2D eigenvalue weighted by Crippen LogP contribution is 2.30. The van der Waals surface area contributed by atoms with Gasteiger partial charge in [-0.3, -0.25) is 4.79 Å². The summed E-state index contributed by atoms with van der Waals surface area (Å²) in [5.74, 6) is -0.712. The Labute approximate surface area is 137 Å². The largest absolute Gasteiger partial charge is 0.442 e. The van der Waals surface area contributed by atoms with E-state index in [1.54, 1.807) is 0 Å². The SMILES string of the molecule is CCCCCCCCCCCCCCC(=O)CSC(F)(F)F. The first kappa shape index (κ1) is 21.8. The normalized spacial score (nSPS) is 11.8. The molecule has 0 aromatic heterocycles. The monoisotopic (exact) mass is 340 g/mol. The van der Waals surface area contributed by atoms with Gasteiger partial charge in [0.15, 0.2) is 0 Å². The number of Topliss-reactive ketones (excluding diaryl/α,β-unsaturated/α-hetero) is 1. The molecule has 0 aromatic rings. The van der Waals surface area contributed by atoms with E-state index in [4.69, 9.17) is 0 Å². The zero-order valence-corrected chi connectivity index (χ0v) is 14.7. The molecule has 0 aliphatic carbocycles. The molecule has 0 aromatic carbocycles. The molecule has 5 heteroatoms. The summed E-state index contributed by atoms with van der Waals surface area (Å²) >= 11 is -0.224. The molecule has 0 heterocycles. The van der Waals surface area contributed by atoms with Crippen molar-refractivity contribution in [3.8, 4) is 0 Å². The lowest BCUT2D eigenvalue weighted by Crippen LogP contribution is -2.08. The van der Waals surface area contributed by atoms with E-state index < -0.39 is 11.3 Å². The molecule has 0 radical (unpaired) electrons. The van der Waals surface area contributed by atoms with E-state index in [2.05, 4.69) is 6.92 Å². The molecular formula is C17H31F3OS. The molecule has 0 saturated heterocycles. The summed E-state index contributed by atoms with van der Waals surface area (Å²) in [5.41, 5.74) is -4.29. The van der Waals surface area contributed by atoms with Crippen molar-refractivity contribution in [2.75, 3.05) is 5.75 Å². The van der Waals surface area contributed by atoms with E-state index in [1.807, 2.05) is 0 Å². The second-order valence-electron chi connectivity index (χ2n) is 5.91. The summed E-state index contributed by atoms with van der Waals surface area (Å²) in [6, 6.07) is 0. The maximum Gasteiger partial charge on any atom is 0.442 e. The van der Waals surface area contributed by atoms with E-state index in [-0.39, 0.29) is 17.5 Å². The summed E-state index contributed by atoms with van der Waals surface area (Å²) in [7, 11) is 0. The summed E-state index contributed by atoms with van der Waals surface area (Å²) < 4.78 is 35.7. The molecule has 0 unspecified atom stereocenters. The summed E-state index contributed by atoms with van der Waals surface area (Å²) in [5, 5.41) is 0. The molecule has 0 aliphatic rings. The molecule has 132 valence electrons. The van der Waals surface area contributed by atoms with Crippen molar-refractivity contribution in [1.82, 2.24) is 0 Å². The third-order valence-corrected chi connectivity index (χ3v) is 4.50. The van der Waals surface area contributed by atoms with Crippen LogP contribution >= 0.6 is 11.8 Å². The van der Waals surface area contributed by atoms with Gasteiger partial charge in [0.1, 0.15) is 5.78 Å². The van der Waals surface area contributed by atoms with Crippen LogP contribution in [0, 0.1) is 0 Å². The van der Waals surface area contributed by atoms with Crippen molar-refractivity contribution in [2.45, 2.75) is 95.9 Å². The number of ketones is 1. The summed E-state index contributed by atoms with van der Waals surface area (Å²) in [4.78, 5) is 11.3. The van der Waals surface area contributed by atoms with E-state index in [9.17, 15) is 18.0 Å². The number of hydrogen-bond acceptors (Lipinski definition) is 2. The van der Waals surface area contributed by atoms with E-state index in [0.29, 0.717) is 6.42 Å². The van der Waals surface area contributed by atoms with Gasteiger partial charge in [-0.05, 0) is 18.2 Å². The molecule has 22 heavy (non-hydrogen) atoms. The molecular weight excluding hydrogens is 309 g/mol. The van der Waals surface area contributed by atoms with Crippen LogP contribution in [-0.2, 0) is 4.79 Å². The summed E-state index contributed by atoms with van der Waals surface area (Å²) in [6.07, 6.45) is 14.8. The minimum Gasteiger partial charge on any atom is -0.299 e.